The first kappa shape index (κ1) is 12.8. The summed E-state index contributed by atoms with van der Waals surface area (Å²) >= 11 is 0. The highest BCUT2D eigenvalue weighted by Crippen LogP contribution is 2.20. The monoisotopic (exact) mass is 271 g/mol. The lowest BCUT2D eigenvalue weighted by atomic mass is 10.1. The van der Waals surface area contributed by atoms with Crippen LogP contribution in [0.2, 0.25) is 0 Å². The highest BCUT2D eigenvalue weighted by Gasteiger charge is 2.20. The topological polar surface area (TPSA) is 54.7 Å². The third kappa shape index (κ3) is 1.99. The number of aldehydes is 1. The lowest BCUT2D eigenvalue weighted by Crippen LogP contribution is -2.34. The molecule has 2 aromatic heterocycles. The molecule has 0 bridgehead atoms. The van der Waals surface area contributed by atoms with Gasteiger partial charge in [0, 0.05) is 18.8 Å². The zero-order chi connectivity index (χ0) is 14.1. The molecule has 1 saturated heterocycles. The van der Waals surface area contributed by atoms with Crippen molar-refractivity contribution in [1.82, 2.24) is 9.38 Å². The Morgan fingerprint density at radius 1 is 1.20 bits per heavy atom. The van der Waals surface area contributed by atoms with E-state index < -0.39 is 0 Å². The van der Waals surface area contributed by atoms with Gasteiger partial charge in [-0.3, -0.25) is 14.0 Å². The zero-order valence-corrected chi connectivity index (χ0v) is 11.5. The van der Waals surface area contributed by atoms with Gasteiger partial charge in [0.05, 0.1) is 0 Å². The van der Waals surface area contributed by atoms with Gasteiger partial charge in [0.15, 0.2) is 6.29 Å². The molecule has 3 heterocycles. The molecule has 3 rings (SSSR count). The average Bonchev–Trinajstić information content (AvgIpc) is 2.48. The summed E-state index contributed by atoms with van der Waals surface area (Å²) < 4.78 is 1.50. The number of aromatic nitrogens is 2. The quantitative estimate of drug-likeness (QED) is 0.782. The normalized spacial score (nSPS) is 15.6. The van der Waals surface area contributed by atoms with Crippen LogP contribution in [0.25, 0.3) is 5.65 Å². The van der Waals surface area contributed by atoms with Gasteiger partial charge in [-0.2, -0.15) is 0 Å². The first-order valence-electron chi connectivity index (χ1n) is 6.95. The molecule has 1 fully saturated rings. The second kappa shape index (κ2) is 5.07. The molecule has 104 valence electrons. The minimum atomic E-state index is -0.274. The van der Waals surface area contributed by atoms with Gasteiger partial charge in [-0.1, -0.05) is 6.07 Å². The number of hydrogen-bond donors (Lipinski definition) is 0. The number of nitrogens with zero attached hydrogens (tertiary/aromatic N) is 3. The Labute approximate surface area is 116 Å². The molecule has 1 aliphatic heterocycles. The van der Waals surface area contributed by atoms with E-state index in [0.29, 0.717) is 17.8 Å². The fraction of sp³-hybridized carbons (Fsp3) is 0.400. The van der Waals surface area contributed by atoms with Crippen LogP contribution in [-0.4, -0.2) is 28.8 Å². The molecule has 0 radical (unpaired) electrons. The van der Waals surface area contributed by atoms with Crippen molar-refractivity contribution in [3.63, 3.8) is 0 Å². The van der Waals surface area contributed by atoms with E-state index in [2.05, 4.69) is 9.88 Å². The van der Waals surface area contributed by atoms with Crippen LogP contribution in [0.5, 0.6) is 0 Å². The van der Waals surface area contributed by atoms with E-state index >= 15 is 0 Å². The number of carbonyl (C=O) groups is 1. The Morgan fingerprint density at radius 2 is 1.95 bits per heavy atom. The number of aryl methyl sites for hydroxylation is 1. The van der Waals surface area contributed by atoms with E-state index in [9.17, 15) is 9.59 Å². The summed E-state index contributed by atoms with van der Waals surface area (Å²) in [5.74, 6) is 0.537. The molecular formula is C15H17N3O2. The lowest BCUT2D eigenvalue weighted by Gasteiger charge is -2.28. The van der Waals surface area contributed by atoms with E-state index in [1.165, 1.54) is 10.8 Å². The van der Waals surface area contributed by atoms with Crippen LogP contribution in [0.15, 0.2) is 23.0 Å². The molecule has 0 amide bonds. The minimum Gasteiger partial charge on any atom is -0.356 e. The molecule has 2 aromatic rings. The van der Waals surface area contributed by atoms with Crippen molar-refractivity contribution in [3.05, 3.63) is 39.8 Å². The molecule has 20 heavy (non-hydrogen) atoms. The number of anilines is 1. The standard InChI is InChI=1S/C15H17N3O2/c1-11-6-5-7-13-16-14(17-8-3-2-4-9-17)12(10-19)15(20)18(11)13/h5-7,10H,2-4,8-9H2,1H3. The third-order valence-corrected chi connectivity index (χ3v) is 3.83. The van der Waals surface area contributed by atoms with Gasteiger partial charge in [0.25, 0.3) is 5.56 Å². The van der Waals surface area contributed by atoms with E-state index in [-0.39, 0.29) is 11.1 Å². The van der Waals surface area contributed by atoms with Crippen LogP contribution in [-0.2, 0) is 0 Å². The molecular weight excluding hydrogens is 254 g/mol. The molecule has 0 unspecified atom stereocenters. The summed E-state index contributed by atoms with van der Waals surface area (Å²) in [6, 6.07) is 5.51. The lowest BCUT2D eigenvalue weighted by molar-refractivity contribution is 0.112. The third-order valence-electron chi connectivity index (χ3n) is 3.83. The van der Waals surface area contributed by atoms with Crippen molar-refractivity contribution >= 4 is 17.8 Å². The average molecular weight is 271 g/mol. The first-order valence-corrected chi connectivity index (χ1v) is 6.95. The highest BCUT2D eigenvalue weighted by atomic mass is 16.1. The molecule has 1 aliphatic rings. The molecule has 0 atom stereocenters. The van der Waals surface area contributed by atoms with E-state index in [0.717, 1.165) is 31.6 Å². The second-order valence-electron chi connectivity index (χ2n) is 5.18. The SMILES string of the molecule is Cc1cccc2nc(N3CCCCC3)c(C=O)c(=O)n12. The number of carbonyl (C=O) groups excluding carboxylic acids is 1. The summed E-state index contributed by atoms with van der Waals surface area (Å²) in [6.07, 6.45) is 3.98. The largest absolute Gasteiger partial charge is 0.356 e. The van der Waals surface area contributed by atoms with Crippen molar-refractivity contribution in [2.24, 2.45) is 0 Å². The summed E-state index contributed by atoms with van der Waals surface area (Å²) in [4.78, 5) is 30.5. The Bertz CT molecular complexity index is 715. The molecule has 0 aliphatic carbocycles. The molecule has 0 N–H and O–H groups in total. The van der Waals surface area contributed by atoms with E-state index in [1.54, 1.807) is 6.07 Å². The maximum absolute atomic E-state index is 12.5. The fourth-order valence-electron chi connectivity index (χ4n) is 2.79. The van der Waals surface area contributed by atoms with Crippen molar-refractivity contribution in [2.45, 2.75) is 26.2 Å². The molecule has 5 heteroatoms. The van der Waals surface area contributed by atoms with Gasteiger partial charge in [-0.05, 0) is 38.3 Å². The molecule has 5 nitrogen and oxygen atoms in total. The highest BCUT2D eigenvalue weighted by molar-refractivity contribution is 5.83. The van der Waals surface area contributed by atoms with Gasteiger partial charge < -0.3 is 4.90 Å². The van der Waals surface area contributed by atoms with Gasteiger partial charge >= 0.3 is 0 Å². The van der Waals surface area contributed by atoms with Gasteiger partial charge in [-0.25, -0.2) is 4.98 Å². The molecule has 0 aromatic carbocycles. The number of hydrogen-bond acceptors (Lipinski definition) is 4. The van der Waals surface area contributed by atoms with Crippen LogP contribution in [0.4, 0.5) is 5.82 Å². The summed E-state index contributed by atoms with van der Waals surface area (Å²) in [7, 11) is 0. The predicted octanol–water partition coefficient (Wildman–Crippen LogP) is 1.81. The van der Waals surface area contributed by atoms with Crippen LogP contribution in [0.1, 0.15) is 35.3 Å². The second-order valence-corrected chi connectivity index (χ2v) is 5.18. The van der Waals surface area contributed by atoms with Crippen LogP contribution >= 0.6 is 0 Å². The summed E-state index contributed by atoms with van der Waals surface area (Å²) in [5, 5.41) is 0. The Morgan fingerprint density at radius 3 is 2.65 bits per heavy atom. The Kier molecular flexibility index (Phi) is 3.26. The number of rotatable bonds is 2. The predicted molar refractivity (Wildman–Crippen MR) is 77.7 cm³/mol. The zero-order valence-electron chi connectivity index (χ0n) is 11.5. The Hall–Kier alpha value is -2.17. The van der Waals surface area contributed by atoms with Gasteiger partial charge in [-0.15, -0.1) is 0 Å². The smallest absolute Gasteiger partial charge is 0.270 e. The number of fused-ring (bicyclic) bond motifs is 1. The van der Waals surface area contributed by atoms with Crippen molar-refractivity contribution in [1.29, 1.82) is 0 Å². The number of piperidine rings is 1. The van der Waals surface area contributed by atoms with Gasteiger partial charge in [0.2, 0.25) is 0 Å². The summed E-state index contributed by atoms with van der Waals surface area (Å²) in [6.45, 7) is 3.55. The van der Waals surface area contributed by atoms with E-state index in [1.807, 2.05) is 19.1 Å². The number of pyridine rings is 1. The molecule has 0 spiro atoms. The van der Waals surface area contributed by atoms with Gasteiger partial charge in [0.1, 0.15) is 17.0 Å². The van der Waals surface area contributed by atoms with Crippen LogP contribution in [0.3, 0.4) is 0 Å². The van der Waals surface area contributed by atoms with Crippen LogP contribution < -0.4 is 10.5 Å². The minimum absolute atomic E-state index is 0.165. The first-order chi connectivity index (χ1) is 9.72. The van der Waals surface area contributed by atoms with Crippen molar-refractivity contribution in [3.8, 4) is 0 Å². The summed E-state index contributed by atoms with van der Waals surface area (Å²) in [5.41, 5.74) is 1.27. The van der Waals surface area contributed by atoms with E-state index in [4.69, 9.17) is 0 Å². The van der Waals surface area contributed by atoms with Crippen molar-refractivity contribution < 1.29 is 4.79 Å². The Balaban J connectivity index is 2.26. The fourth-order valence-corrected chi connectivity index (χ4v) is 2.79. The molecule has 0 saturated carbocycles. The van der Waals surface area contributed by atoms with Crippen LogP contribution in [0, 0.1) is 6.92 Å². The maximum atomic E-state index is 12.5. The van der Waals surface area contributed by atoms with Crippen molar-refractivity contribution in [2.75, 3.05) is 18.0 Å². The maximum Gasteiger partial charge on any atom is 0.270 e.